The molecule has 0 aromatic heterocycles. The van der Waals surface area contributed by atoms with Crippen LogP contribution in [-0.4, -0.2) is 12.6 Å². The zero-order chi connectivity index (χ0) is 12.7. The fraction of sp³-hybridized carbons (Fsp3) is 0.308. The normalized spacial score (nSPS) is 12.9. The molecule has 0 fully saturated rings. The number of nitrogens with zero attached hydrogens (tertiary/aromatic N) is 2. The first-order valence-corrected chi connectivity index (χ1v) is 5.25. The summed E-state index contributed by atoms with van der Waals surface area (Å²) in [7, 11) is 0. The summed E-state index contributed by atoms with van der Waals surface area (Å²) in [5.41, 5.74) is 0.648. The average molecular weight is 228 g/mol. The highest BCUT2D eigenvalue weighted by atomic mass is 16.5. The summed E-state index contributed by atoms with van der Waals surface area (Å²) in [6.07, 6.45) is 0. The lowest BCUT2D eigenvalue weighted by Gasteiger charge is -2.14. The van der Waals surface area contributed by atoms with Gasteiger partial charge >= 0.3 is 5.97 Å². The van der Waals surface area contributed by atoms with Gasteiger partial charge in [0.1, 0.15) is 0 Å². The first-order chi connectivity index (χ1) is 8.24. The van der Waals surface area contributed by atoms with E-state index in [1.165, 1.54) is 0 Å². The molecule has 0 aliphatic carbocycles. The number of hydrogen-bond acceptors (Lipinski definition) is 4. The second-order valence-electron chi connectivity index (χ2n) is 3.38. The smallest absolute Gasteiger partial charge is 0.325 e. The van der Waals surface area contributed by atoms with Crippen LogP contribution in [0.2, 0.25) is 0 Å². The van der Waals surface area contributed by atoms with Gasteiger partial charge in [-0.3, -0.25) is 4.79 Å². The van der Waals surface area contributed by atoms with E-state index in [1.54, 1.807) is 31.2 Å². The Labute approximate surface area is 100 Å². The van der Waals surface area contributed by atoms with Crippen LogP contribution < -0.4 is 0 Å². The molecule has 4 nitrogen and oxygen atoms in total. The minimum absolute atomic E-state index is 0.198. The van der Waals surface area contributed by atoms with E-state index in [0.717, 1.165) is 0 Å². The summed E-state index contributed by atoms with van der Waals surface area (Å²) in [4.78, 5) is 11.6. The summed E-state index contributed by atoms with van der Waals surface area (Å²) in [6.45, 7) is 1.86. The molecule has 86 valence electrons. The summed E-state index contributed by atoms with van der Waals surface area (Å²) in [5, 5.41) is 18.1. The first-order valence-electron chi connectivity index (χ1n) is 5.25. The molecule has 1 aromatic carbocycles. The summed E-state index contributed by atoms with van der Waals surface area (Å²) in [6, 6.07) is 12.6. The van der Waals surface area contributed by atoms with Gasteiger partial charge in [0.2, 0.25) is 0 Å². The van der Waals surface area contributed by atoms with Crippen LogP contribution in [0.5, 0.6) is 0 Å². The fourth-order valence-corrected chi connectivity index (χ4v) is 1.50. The number of rotatable bonds is 4. The zero-order valence-corrected chi connectivity index (χ0v) is 9.46. The molecule has 0 unspecified atom stereocenters. The van der Waals surface area contributed by atoms with Crippen molar-refractivity contribution in [1.29, 1.82) is 10.5 Å². The van der Waals surface area contributed by atoms with Crippen molar-refractivity contribution in [2.24, 2.45) is 5.92 Å². The van der Waals surface area contributed by atoms with Gasteiger partial charge in [0.15, 0.2) is 5.92 Å². The van der Waals surface area contributed by atoms with Crippen LogP contribution in [0.25, 0.3) is 0 Å². The van der Waals surface area contributed by atoms with Crippen LogP contribution in [0.15, 0.2) is 30.3 Å². The molecule has 0 amide bonds. The van der Waals surface area contributed by atoms with Crippen molar-refractivity contribution in [3.8, 4) is 12.1 Å². The Morgan fingerprint density at radius 2 is 1.94 bits per heavy atom. The van der Waals surface area contributed by atoms with Gasteiger partial charge in [-0.2, -0.15) is 10.5 Å². The van der Waals surface area contributed by atoms with E-state index in [2.05, 4.69) is 0 Å². The largest absolute Gasteiger partial charge is 0.465 e. The predicted octanol–water partition coefficient (Wildman–Crippen LogP) is 2.00. The Balaban J connectivity index is 2.98. The number of benzene rings is 1. The van der Waals surface area contributed by atoms with Gasteiger partial charge in [0.05, 0.1) is 24.7 Å². The molecule has 0 saturated carbocycles. The maximum Gasteiger partial charge on any atom is 0.325 e. The molecule has 0 N–H and O–H groups in total. The van der Waals surface area contributed by atoms with Gasteiger partial charge in [0, 0.05) is 0 Å². The zero-order valence-electron chi connectivity index (χ0n) is 9.46. The minimum Gasteiger partial charge on any atom is -0.465 e. The topological polar surface area (TPSA) is 73.9 Å². The van der Waals surface area contributed by atoms with Crippen molar-refractivity contribution in [3.63, 3.8) is 0 Å². The maximum absolute atomic E-state index is 11.6. The SMILES string of the molecule is CCOC(=O)[C@H](C#N)[C@H](C#N)c1ccccc1. The molecule has 0 radical (unpaired) electrons. The van der Waals surface area contributed by atoms with E-state index >= 15 is 0 Å². The minimum atomic E-state index is -1.08. The van der Waals surface area contributed by atoms with Gasteiger partial charge in [-0.05, 0) is 12.5 Å². The molecule has 1 aromatic rings. The third kappa shape index (κ3) is 3.06. The summed E-state index contributed by atoms with van der Waals surface area (Å²) < 4.78 is 4.79. The molecule has 0 aliphatic heterocycles. The van der Waals surface area contributed by atoms with Gasteiger partial charge in [0.25, 0.3) is 0 Å². The summed E-state index contributed by atoms with van der Waals surface area (Å²) in [5.74, 6) is -2.52. The number of nitriles is 2. The second kappa shape index (κ2) is 6.30. The predicted molar refractivity (Wildman–Crippen MR) is 60.5 cm³/mol. The molecular formula is C13H12N2O2. The van der Waals surface area contributed by atoms with Crippen LogP contribution in [0.4, 0.5) is 0 Å². The average Bonchev–Trinajstić information content (AvgIpc) is 2.37. The molecule has 17 heavy (non-hydrogen) atoms. The van der Waals surface area contributed by atoms with E-state index < -0.39 is 17.8 Å². The van der Waals surface area contributed by atoms with Crippen molar-refractivity contribution in [2.75, 3.05) is 6.61 Å². The molecule has 2 atom stereocenters. The van der Waals surface area contributed by atoms with E-state index in [0.29, 0.717) is 5.56 Å². The Kier molecular flexibility index (Phi) is 4.72. The van der Waals surface area contributed by atoms with Crippen molar-refractivity contribution >= 4 is 5.97 Å². The lowest BCUT2D eigenvalue weighted by atomic mass is 9.88. The summed E-state index contributed by atoms with van der Waals surface area (Å²) >= 11 is 0. The lowest BCUT2D eigenvalue weighted by Crippen LogP contribution is -2.22. The van der Waals surface area contributed by atoms with Crippen molar-refractivity contribution in [1.82, 2.24) is 0 Å². The van der Waals surface area contributed by atoms with E-state index in [1.807, 2.05) is 18.2 Å². The molecule has 0 saturated heterocycles. The van der Waals surface area contributed by atoms with Crippen LogP contribution in [0.3, 0.4) is 0 Å². The molecular weight excluding hydrogens is 216 g/mol. The molecule has 0 heterocycles. The van der Waals surface area contributed by atoms with Gasteiger partial charge in [-0.15, -0.1) is 0 Å². The van der Waals surface area contributed by atoms with E-state index in [9.17, 15) is 4.79 Å². The van der Waals surface area contributed by atoms with Crippen LogP contribution in [0.1, 0.15) is 18.4 Å². The molecule has 0 bridgehead atoms. The number of carbonyl (C=O) groups is 1. The first kappa shape index (κ1) is 12.7. The van der Waals surface area contributed by atoms with Crippen LogP contribution in [-0.2, 0) is 9.53 Å². The Bertz CT molecular complexity index is 457. The van der Waals surface area contributed by atoms with Crippen LogP contribution in [0, 0.1) is 28.6 Å². The third-order valence-electron chi connectivity index (χ3n) is 2.31. The van der Waals surface area contributed by atoms with Crippen LogP contribution >= 0.6 is 0 Å². The highest BCUT2D eigenvalue weighted by Crippen LogP contribution is 2.24. The van der Waals surface area contributed by atoms with Gasteiger partial charge in [-0.25, -0.2) is 0 Å². The number of esters is 1. The molecule has 1 rings (SSSR count). The van der Waals surface area contributed by atoms with Crippen molar-refractivity contribution in [3.05, 3.63) is 35.9 Å². The van der Waals surface area contributed by atoms with E-state index in [4.69, 9.17) is 15.3 Å². The van der Waals surface area contributed by atoms with Crippen molar-refractivity contribution < 1.29 is 9.53 Å². The van der Waals surface area contributed by atoms with Gasteiger partial charge in [-0.1, -0.05) is 30.3 Å². The lowest BCUT2D eigenvalue weighted by molar-refractivity contribution is -0.146. The number of ether oxygens (including phenoxy) is 1. The molecule has 0 spiro atoms. The highest BCUT2D eigenvalue weighted by molar-refractivity contribution is 5.77. The monoisotopic (exact) mass is 228 g/mol. The molecule has 4 heteroatoms. The molecule has 0 aliphatic rings. The Hall–Kier alpha value is -2.33. The van der Waals surface area contributed by atoms with E-state index in [-0.39, 0.29) is 6.61 Å². The Morgan fingerprint density at radius 1 is 1.29 bits per heavy atom. The van der Waals surface area contributed by atoms with Gasteiger partial charge < -0.3 is 4.74 Å². The third-order valence-corrected chi connectivity index (χ3v) is 2.31. The fourth-order valence-electron chi connectivity index (χ4n) is 1.50. The standard InChI is InChI=1S/C13H12N2O2/c1-2-17-13(16)12(9-15)11(8-14)10-6-4-3-5-7-10/h3-7,11-12H,2H2,1H3/t11-,12-/m1/s1. The Morgan fingerprint density at radius 3 is 2.41 bits per heavy atom. The maximum atomic E-state index is 11.6. The second-order valence-corrected chi connectivity index (χ2v) is 3.38. The van der Waals surface area contributed by atoms with Crippen molar-refractivity contribution in [2.45, 2.75) is 12.8 Å². The number of carbonyl (C=O) groups excluding carboxylic acids is 1. The number of hydrogen-bond donors (Lipinski definition) is 0. The quantitative estimate of drug-likeness (QED) is 0.738. The highest BCUT2D eigenvalue weighted by Gasteiger charge is 2.30.